The SMILES string of the molecule is O=C1c2cc(-c3cccc(-c4ccccc4)c3)ccc2C2(c3ccc(-c4cccc5c4sc4ccccc45)cc31)c1ccccc1-c1ccccc12. The molecule has 1 nitrogen and oxygen atoms in total. The van der Waals surface area contributed by atoms with Crippen LogP contribution in [0.4, 0.5) is 0 Å². The molecule has 2 aliphatic rings. The Labute approximate surface area is 306 Å². The van der Waals surface area contributed by atoms with Gasteiger partial charge in [-0.25, -0.2) is 0 Å². The Morgan fingerprint density at radius 2 is 0.846 bits per heavy atom. The molecule has 1 aromatic heterocycles. The van der Waals surface area contributed by atoms with E-state index in [2.05, 4.69) is 176 Å². The standard InChI is InChI=1S/C50H30OS/c51-48-41-29-34(33-15-10-14-32(28-33)31-12-2-1-3-13-31)24-26-45(41)50(43-21-7-4-16-37(43)38-17-5-8-22-44(38)50)46-27-25-35(30-42(46)48)36-19-11-20-40-39-18-6-9-23-47(39)52-49(36)40/h1-30H. The molecule has 2 heteroatoms. The molecule has 0 N–H and O–H groups in total. The number of ketones is 1. The highest BCUT2D eigenvalue weighted by molar-refractivity contribution is 7.26. The number of hydrogen-bond donors (Lipinski definition) is 0. The van der Waals surface area contributed by atoms with E-state index in [0.29, 0.717) is 0 Å². The van der Waals surface area contributed by atoms with Gasteiger partial charge in [0.25, 0.3) is 0 Å². The average Bonchev–Trinajstić information content (AvgIpc) is 3.74. The van der Waals surface area contributed by atoms with Crippen LogP contribution in [0.1, 0.15) is 38.2 Å². The lowest BCUT2D eigenvalue weighted by molar-refractivity contribution is 0.103. The van der Waals surface area contributed by atoms with Crippen molar-refractivity contribution in [1.82, 2.24) is 0 Å². The molecule has 2 aliphatic carbocycles. The minimum absolute atomic E-state index is 0.0731. The molecule has 0 unspecified atom stereocenters. The Hall–Kier alpha value is -6.35. The molecule has 0 atom stereocenters. The Morgan fingerprint density at radius 1 is 0.346 bits per heavy atom. The molecule has 1 heterocycles. The van der Waals surface area contributed by atoms with Crippen LogP contribution >= 0.6 is 11.3 Å². The molecule has 0 saturated heterocycles. The van der Waals surface area contributed by atoms with Crippen LogP contribution in [0.2, 0.25) is 0 Å². The fourth-order valence-electron chi connectivity index (χ4n) is 9.05. The molecule has 8 aromatic carbocycles. The third-order valence-electron chi connectivity index (χ3n) is 11.3. The van der Waals surface area contributed by atoms with Crippen LogP contribution in [-0.2, 0) is 5.41 Å². The third kappa shape index (κ3) is 4.01. The van der Waals surface area contributed by atoms with Gasteiger partial charge in [0.15, 0.2) is 5.78 Å². The number of hydrogen-bond acceptors (Lipinski definition) is 2. The highest BCUT2D eigenvalue weighted by Crippen LogP contribution is 2.59. The van der Waals surface area contributed by atoms with Crippen LogP contribution in [0.3, 0.4) is 0 Å². The van der Waals surface area contributed by atoms with E-state index in [0.717, 1.165) is 50.1 Å². The van der Waals surface area contributed by atoms with Gasteiger partial charge in [-0.15, -0.1) is 11.3 Å². The van der Waals surface area contributed by atoms with Crippen LogP contribution in [0.15, 0.2) is 182 Å². The van der Waals surface area contributed by atoms with E-state index < -0.39 is 5.41 Å². The monoisotopic (exact) mass is 678 g/mol. The maximum Gasteiger partial charge on any atom is 0.193 e. The van der Waals surface area contributed by atoms with E-state index in [1.807, 2.05) is 17.4 Å². The Balaban J connectivity index is 1.17. The molecule has 0 amide bonds. The van der Waals surface area contributed by atoms with Crippen LogP contribution in [0.5, 0.6) is 0 Å². The summed E-state index contributed by atoms with van der Waals surface area (Å²) in [6, 6.07) is 65.1. The van der Waals surface area contributed by atoms with Gasteiger partial charge in [-0.05, 0) is 91.0 Å². The van der Waals surface area contributed by atoms with E-state index in [4.69, 9.17) is 0 Å². The summed E-state index contributed by atoms with van der Waals surface area (Å²) in [5.41, 5.74) is 14.6. The molecule has 0 radical (unpaired) electrons. The zero-order valence-electron chi connectivity index (χ0n) is 28.1. The zero-order chi connectivity index (χ0) is 34.4. The number of carbonyl (C=O) groups is 1. The number of rotatable bonds is 3. The van der Waals surface area contributed by atoms with Gasteiger partial charge in [-0.2, -0.15) is 0 Å². The fraction of sp³-hybridized carbons (Fsp3) is 0.0200. The molecule has 11 rings (SSSR count). The lowest BCUT2D eigenvalue weighted by Gasteiger charge is -2.40. The van der Waals surface area contributed by atoms with Crippen molar-refractivity contribution in [3.05, 3.63) is 215 Å². The molecular formula is C50H30OS. The quantitative estimate of drug-likeness (QED) is 0.182. The van der Waals surface area contributed by atoms with Crippen molar-refractivity contribution in [2.75, 3.05) is 0 Å². The van der Waals surface area contributed by atoms with Crippen LogP contribution < -0.4 is 0 Å². The van der Waals surface area contributed by atoms with Gasteiger partial charge in [-0.1, -0.05) is 158 Å². The van der Waals surface area contributed by atoms with Crippen molar-refractivity contribution in [2.24, 2.45) is 0 Å². The number of fused-ring (bicyclic) bond motifs is 12. The first-order valence-corrected chi connectivity index (χ1v) is 18.6. The molecule has 0 saturated carbocycles. The van der Waals surface area contributed by atoms with Crippen molar-refractivity contribution in [1.29, 1.82) is 0 Å². The fourth-order valence-corrected chi connectivity index (χ4v) is 10.3. The summed E-state index contributed by atoms with van der Waals surface area (Å²) in [6.07, 6.45) is 0. The minimum atomic E-state index is -0.627. The second kappa shape index (κ2) is 11.1. The highest BCUT2D eigenvalue weighted by atomic mass is 32.1. The third-order valence-corrected chi connectivity index (χ3v) is 12.5. The number of carbonyl (C=O) groups excluding carboxylic acids is 1. The van der Waals surface area contributed by atoms with Crippen molar-refractivity contribution in [2.45, 2.75) is 5.41 Å². The van der Waals surface area contributed by atoms with Crippen LogP contribution in [0.25, 0.3) is 64.7 Å². The van der Waals surface area contributed by atoms with Gasteiger partial charge in [0.05, 0.1) is 5.41 Å². The van der Waals surface area contributed by atoms with E-state index in [1.54, 1.807) is 0 Å². The first-order valence-electron chi connectivity index (χ1n) is 17.8. The average molecular weight is 679 g/mol. The highest BCUT2D eigenvalue weighted by Gasteiger charge is 2.51. The van der Waals surface area contributed by atoms with Crippen molar-refractivity contribution in [3.8, 4) is 44.5 Å². The first kappa shape index (κ1) is 29.4. The largest absolute Gasteiger partial charge is 0.289 e. The summed E-state index contributed by atoms with van der Waals surface area (Å²) < 4.78 is 2.52. The van der Waals surface area contributed by atoms with Gasteiger partial charge in [-0.3, -0.25) is 4.79 Å². The molecular weight excluding hydrogens is 649 g/mol. The van der Waals surface area contributed by atoms with Crippen molar-refractivity contribution >= 4 is 37.3 Å². The Bertz CT molecular complexity index is 2880. The Morgan fingerprint density at radius 3 is 1.60 bits per heavy atom. The predicted molar refractivity (Wildman–Crippen MR) is 216 cm³/mol. The van der Waals surface area contributed by atoms with Crippen molar-refractivity contribution < 1.29 is 4.79 Å². The summed E-state index contributed by atoms with van der Waals surface area (Å²) in [7, 11) is 0. The van der Waals surface area contributed by atoms with Gasteiger partial charge in [0, 0.05) is 31.3 Å². The molecule has 0 aliphatic heterocycles. The second-order valence-corrected chi connectivity index (χ2v) is 15.0. The zero-order valence-corrected chi connectivity index (χ0v) is 29.0. The maximum absolute atomic E-state index is 15.1. The summed E-state index contributed by atoms with van der Waals surface area (Å²) in [5, 5.41) is 2.53. The lowest BCUT2D eigenvalue weighted by Crippen LogP contribution is -2.36. The normalized spacial score (nSPS) is 13.6. The second-order valence-electron chi connectivity index (χ2n) is 13.9. The van der Waals surface area contributed by atoms with Gasteiger partial charge >= 0.3 is 0 Å². The summed E-state index contributed by atoms with van der Waals surface area (Å²) >= 11 is 1.82. The predicted octanol–water partition coefficient (Wildman–Crippen LogP) is 13.0. The van der Waals surface area contributed by atoms with E-state index in [-0.39, 0.29) is 5.78 Å². The van der Waals surface area contributed by atoms with Gasteiger partial charge in [0.1, 0.15) is 0 Å². The van der Waals surface area contributed by atoms with Crippen molar-refractivity contribution in [3.63, 3.8) is 0 Å². The smallest absolute Gasteiger partial charge is 0.193 e. The summed E-state index contributed by atoms with van der Waals surface area (Å²) in [5.74, 6) is 0.0731. The minimum Gasteiger partial charge on any atom is -0.289 e. The lowest BCUT2D eigenvalue weighted by atomic mass is 9.61. The summed E-state index contributed by atoms with van der Waals surface area (Å²) in [6.45, 7) is 0. The van der Waals surface area contributed by atoms with Crippen LogP contribution in [0, 0.1) is 0 Å². The van der Waals surface area contributed by atoms with E-state index >= 15 is 4.79 Å². The number of thiophene rings is 1. The Kier molecular flexibility index (Phi) is 6.26. The van der Waals surface area contributed by atoms with E-state index in [9.17, 15) is 0 Å². The maximum atomic E-state index is 15.1. The number of benzene rings is 8. The van der Waals surface area contributed by atoms with E-state index in [1.165, 1.54) is 48.0 Å². The molecule has 9 aromatic rings. The van der Waals surface area contributed by atoms with Gasteiger partial charge in [0.2, 0.25) is 0 Å². The summed E-state index contributed by atoms with van der Waals surface area (Å²) in [4.78, 5) is 15.1. The molecule has 0 bridgehead atoms. The first-order chi connectivity index (χ1) is 25.7. The topological polar surface area (TPSA) is 17.1 Å². The molecule has 0 fully saturated rings. The molecule has 242 valence electrons. The van der Waals surface area contributed by atoms with Crippen LogP contribution in [-0.4, -0.2) is 5.78 Å². The molecule has 1 spiro atoms. The molecule has 52 heavy (non-hydrogen) atoms. The van der Waals surface area contributed by atoms with Gasteiger partial charge < -0.3 is 0 Å².